The molecule has 5 nitrogen and oxygen atoms in total. The van der Waals surface area contributed by atoms with Crippen LogP contribution in [0.15, 0.2) is 53.4 Å². The summed E-state index contributed by atoms with van der Waals surface area (Å²) in [6.07, 6.45) is 0.361. The lowest BCUT2D eigenvalue weighted by atomic mass is 10.0. The zero-order valence-electron chi connectivity index (χ0n) is 15.7. The Bertz CT molecular complexity index is 863. The van der Waals surface area contributed by atoms with Crippen LogP contribution >= 0.6 is 0 Å². The first-order valence-corrected chi connectivity index (χ1v) is 10.3. The third-order valence-electron chi connectivity index (χ3n) is 4.03. The number of sulfonamides is 1. The van der Waals surface area contributed by atoms with E-state index in [-0.39, 0.29) is 23.2 Å². The van der Waals surface area contributed by atoms with Gasteiger partial charge in [0.1, 0.15) is 11.9 Å². The zero-order chi connectivity index (χ0) is 20.0. The van der Waals surface area contributed by atoms with E-state index in [1.807, 2.05) is 20.8 Å². The van der Waals surface area contributed by atoms with Gasteiger partial charge in [0, 0.05) is 6.54 Å². The predicted octanol–water partition coefficient (Wildman–Crippen LogP) is 3.14. The Morgan fingerprint density at radius 2 is 1.63 bits per heavy atom. The molecule has 1 unspecified atom stereocenters. The maximum Gasteiger partial charge on any atom is 0.241 e. The van der Waals surface area contributed by atoms with Gasteiger partial charge in [-0.3, -0.25) is 4.79 Å². The molecule has 2 aromatic carbocycles. The van der Waals surface area contributed by atoms with Crippen LogP contribution in [0.4, 0.5) is 4.39 Å². The molecule has 0 spiro atoms. The van der Waals surface area contributed by atoms with Gasteiger partial charge in [-0.25, -0.2) is 12.8 Å². The van der Waals surface area contributed by atoms with Crippen LogP contribution < -0.4 is 10.0 Å². The molecule has 0 saturated carbocycles. The first-order valence-electron chi connectivity index (χ1n) is 8.78. The van der Waals surface area contributed by atoms with Crippen molar-refractivity contribution in [2.24, 2.45) is 5.92 Å². The molecule has 1 amide bonds. The fourth-order valence-corrected chi connectivity index (χ4v) is 3.78. The molecule has 0 aliphatic carbocycles. The lowest BCUT2D eigenvalue weighted by molar-refractivity contribution is -0.123. The second-order valence-corrected chi connectivity index (χ2v) is 8.67. The van der Waals surface area contributed by atoms with Crippen molar-refractivity contribution in [3.05, 3.63) is 65.5 Å². The van der Waals surface area contributed by atoms with E-state index in [0.29, 0.717) is 6.42 Å². The van der Waals surface area contributed by atoms with Crippen LogP contribution in [-0.4, -0.2) is 20.4 Å². The fourth-order valence-electron chi connectivity index (χ4n) is 2.57. The van der Waals surface area contributed by atoms with E-state index in [0.717, 1.165) is 11.1 Å². The Kier molecular flexibility index (Phi) is 7.10. The molecule has 2 aromatic rings. The van der Waals surface area contributed by atoms with Gasteiger partial charge < -0.3 is 5.32 Å². The third-order valence-corrected chi connectivity index (χ3v) is 5.52. The molecular weight excluding hydrogens is 367 g/mol. The van der Waals surface area contributed by atoms with Crippen LogP contribution in [0.5, 0.6) is 0 Å². The highest BCUT2D eigenvalue weighted by Crippen LogP contribution is 2.13. The molecule has 1 atom stereocenters. The van der Waals surface area contributed by atoms with Crippen molar-refractivity contribution in [3.8, 4) is 0 Å². The normalized spacial score (nSPS) is 12.8. The highest BCUT2D eigenvalue weighted by Gasteiger charge is 2.26. The minimum Gasteiger partial charge on any atom is -0.351 e. The first-order chi connectivity index (χ1) is 12.7. The van der Waals surface area contributed by atoms with Crippen LogP contribution in [0.2, 0.25) is 0 Å². The van der Waals surface area contributed by atoms with Gasteiger partial charge in [-0.2, -0.15) is 4.72 Å². The predicted molar refractivity (Wildman–Crippen MR) is 103 cm³/mol. The Balaban J connectivity index is 2.09. The van der Waals surface area contributed by atoms with Gasteiger partial charge in [0.25, 0.3) is 0 Å². The largest absolute Gasteiger partial charge is 0.351 e. The third kappa shape index (κ3) is 6.45. The molecule has 2 rings (SSSR count). The molecule has 27 heavy (non-hydrogen) atoms. The van der Waals surface area contributed by atoms with Crippen molar-refractivity contribution in [2.75, 3.05) is 0 Å². The number of nitrogens with one attached hydrogen (secondary N) is 2. The van der Waals surface area contributed by atoms with E-state index in [4.69, 9.17) is 0 Å². The highest BCUT2D eigenvalue weighted by atomic mass is 32.2. The van der Waals surface area contributed by atoms with Crippen LogP contribution in [-0.2, 0) is 21.4 Å². The average molecular weight is 392 g/mol. The summed E-state index contributed by atoms with van der Waals surface area (Å²) < 4.78 is 40.7. The number of benzene rings is 2. The maximum atomic E-state index is 13.0. The average Bonchev–Trinajstić information content (AvgIpc) is 2.60. The molecule has 2 N–H and O–H groups in total. The minimum absolute atomic E-state index is 0.118. The van der Waals surface area contributed by atoms with Gasteiger partial charge >= 0.3 is 0 Å². The smallest absolute Gasteiger partial charge is 0.241 e. The van der Waals surface area contributed by atoms with Gasteiger partial charge in [0.05, 0.1) is 4.90 Å². The van der Waals surface area contributed by atoms with Crippen LogP contribution in [0.1, 0.15) is 31.4 Å². The molecular formula is C20H25FN2O3S. The topological polar surface area (TPSA) is 75.3 Å². The fraction of sp³-hybridized carbons (Fsp3) is 0.350. The molecule has 0 radical (unpaired) electrons. The summed E-state index contributed by atoms with van der Waals surface area (Å²) in [6.45, 7) is 5.90. The standard InChI is InChI=1S/C20H25FN2O3S/c1-14(2)12-19(20(24)22-13-16-6-8-17(21)9-7-16)23-27(25,26)18-10-4-15(3)5-11-18/h4-11,14,19,23H,12-13H2,1-3H3,(H,22,24). The van der Waals surface area contributed by atoms with Gasteiger partial charge in [-0.15, -0.1) is 0 Å². The number of halogens is 1. The van der Waals surface area contributed by atoms with Crippen LogP contribution in [0.3, 0.4) is 0 Å². The van der Waals surface area contributed by atoms with Crippen molar-refractivity contribution < 1.29 is 17.6 Å². The summed E-state index contributed by atoms with van der Waals surface area (Å²) in [7, 11) is -3.82. The first kappa shape index (κ1) is 21.1. The number of amides is 1. The SMILES string of the molecule is Cc1ccc(S(=O)(=O)NC(CC(C)C)C(=O)NCc2ccc(F)cc2)cc1. The molecule has 0 saturated heterocycles. The molecule has 7 heteroatoms. The maximum absolute atomic E-state index is 13.0. The van der Waals surface area contributed by atoms with Gasteiger partial charge in [-0.1, -0.05) is 43.7 Å². The Labute approximate surface area is 160 Å². The number of hydrogen-bond acceptors (Lipinski definition) is 3. The number of carbonyl (C=O) groups is 1. The van der Waals surface area contributed by atoms with E-state index in [2.05, 4.69) is 10.0 Å². The Morgan fingerprint density at radius 1 is 1.04 bits per heavy atom. The molecule has 146 valence electrons. The van der Waals surface area contributed by atoms with E-state index in [1.165, 1.54) is 24.3 Å². The lowest BCUT2D eigenvalue weighted by Gasteiger charge is -2.20. The summed E-state index contributed by atoms with van der Waals surface area (Å²) >= 11 is 0. The second-order valence-electron chi connectivity index (χ2n) is 6.96. The monoisotopic (exact) mass is 392 g/mol. The number of hydrogen-bond donors (Lipinski definition) is 2. The highest BCUT2D eigenvalue weighted by molar-refractivity contribution is 7.89. The molecule has 0 fully saturated rings. The van der Waals surface area contributed by atoms with Crippen molar-refractivity contribution in [2.45, 2.75) is 44.7 Å². The summed E-state index contributed by atoms with van der Waals surface area (Å²) in [5.74, 6) is -0.649. The quantitative estimate of drug-likeness (QED) is 0.725. The number of aryl methyl sites for hydroxylation is 1. The van der Waals surface area contributed by atoms with Gasteiger partial charge in [0.15, 0.2) is 0 Å². The summed E-state index contributed by atoms with van der Waals surface area (Å²) in [5.41, 5.74) is 1.68. The van der Waals surface area contributed by atoms with E-state index < -0.39 is 22.0 Å². The van der Waals surface area contributed by atoms with Crippen molar-refractivity contribution in [3.63, 3.8) is 0 Å². The van der Waals surface area contributed by atoms with Crippen LogP contribution in [0.25, 0.3) is 0 Å². The molecule has 0 aliphatic rings. The Morgan fingerprint density at radius 3 is 2.19 bits per heavy atom. The van der Waals surface area contributed by atoms with Crippen molar-refractivity contribution in [1.82, 2.24) is 10.0 Å². The van der Waals surface area contributed by atoms with Gasteiger partial charge in [0.2, 0.25) is 15.9 Å². The summed E-state index contributed by atoms with van der Waals surface area (Å²) in [5, 5.41) is 2.72. The zero-order valence-corrected chi connectivity index (χ0v) is 16.5. The van der Waals surface area contributed by atoms with E-state index in [1.54, 1.807) is 24.3 Å². The van der Waals surface area contributed by atoms with E-state index >= 15 is 0 Å². The molecule has 0 aliphatic heterocycles. The van der Waals surface area contributed by atoms with Crippen molar-refractivity contribution in [1.29, 1.82) is 0 Å². The molecule has 0 aromatic heterocycles. The summed E-state index contributed by atoms with van der Waals surface area (Å²) in [6, 6.07) is 11.3. The molecule has 0 bridgehead atoms. The lowest BCUT2D eigenvalue weighted by Crippen LogP contribution is -2.47. The van der Waals surface area contributed by atoms with Crippen LogP contribution in [0, 0.1) is 18.7 Å². The number of rotatable bonds is 8. The molecule has 0 heterocycles. The number of carbonyl (C=O) groups excluding carboxylic acids is 1. The van der Waals surface area contributed by atoms with E-state index in [9.17, 15) is 17.6 Å². The Hall–Kier alpha value is -2.25. The minimum atomic E-state index is -3.82. The second kappa shape index (κ2) is 9.10. The van der Waals surface area contributed by atoms with Crippen molar-refractivity contribution >= 4 is 15.9 Å². The van der Waals surface area contributed by atoms with Gasteiger partial charge in [-0.05, 0) is 49.1 Å². The summed E-state index contributed by atoms with van der Waals surface area (Å²) in [4.78, 5) is 12.7.